The molecule has 0 amide bonds. The lowest BCUT2D eigenvalue weighted by molar-refractivity contribution is 0.521. The van der Waals surface area contributed by atoms with E-state index >= 15 is 0 Å². The lowest BCUT2D eigenvalue weighted by Gasteiger charge is -2.14. The molecule has 20 heavy (non-hydrogen) atoms. The van der Waals surface area contributed by atoms with E-state index < -0.39 is 10.0 Å². The topological polar surface area (TPSA) is 37.4 Å². The molecule has 0 atom stereocenters. The third kappa shape index (κ3) is 2.80. The Hall–Kier alpha value is -1.17. The van der Waals surface area contributed by atoms with Crippen LogP contribution in [0.3, 0.4) is 0 Å². The van der Waals surface area contributed by atoms with E-state index in [1.165, 1.54) is 9.18 Å². The van der Waals surface area contributed by atoms with Crippen LogP contribution in [-0.4, -0.2) is 26.8 Å². The maximum atomic E-state index is 12.4. The van der Waals surface area contributed by atoms with Crippen LogP contribution in [0.5, 0.6) is 0 Å². The molecule has 0 spiro atoms. The Labute approximate surface area is 124 Å². The molecule has 1 heterocycles. The summed E-state index contributed by atoms with van der Waals surface area (Å²) in [5, 5.41) is 0. The van der Waals surface area contributed by atoms with E-state index in [0.29, 0.717) is 10.8 Å². The fourth-order valence-electron chi connectivity index (χ4n) is 1.90. The van der Waals surface area contributed by atoms with E-state index in [1.54, 1.807) is 37.6 Å². The molecule has 0 saturated heterocycles. The maximum Gasteiger partial charge on any atom is 0.243 e. The molecule has 1 aromatic heterocycles. The molecular weight excluding hydrogens is 290 g/mol. The van der Waals surface area contributed by atoms with Gasteiger partial charge >= 0.3 is 0 Å². The maximum absolute atomic E-state index is 12.4. The van der Waals surface area contributed by atoms with E-state index in [0.717, 1.165) is 10.4 Å². The van der Waals surface area contributed by atoms with E-state index in [4.69, 9.17) is 0 Å². The molecule has 2 rings (SSSR count). The first-order valence-electron chi connectivity index (χ1n) is 6.45. The first kappa shape index (κ1) is 15.2. The predicted molar refractivity (Wildman–Crippen MR) is 84.7 cm³/mol. The van der Waals surface area contributed by atoms with Crippen LogP contribution in [0.25, 0.3) is 10.4 Å². The standard InChI is InChI=1S/C15H19NO2S2/c1-11(2)13-9-10-14(19-13)12-7-5-6-8-15(12)20(17,18)16(3)4/h5-11H,1-4H3. The Balaban J connectivity index is 2.58. The summed E-state index contributed by atoms with van der Waals surface area (Å²) in [5.74, 6) is 0.450. The van der Waals surface area contributed by atoms with E-state index in [1.807, 2.05) is 18.2 Å². The van der Waals surface area contributed by atoms with Gasteiger partial charge in [0, 0.05) is 29.4 Å². The first-order valence-corrected chi connectivity index (χ1v) is 8.71. The van der Waals surface area contributed by atoms with Crippen LogP contribution in [-0.2, 0) is 10.0 Å². The second kappa shape index (κ2) is 5.68. The molecule has 0 aliphatic carbocycles. The van der Waals surface area contributed by atoms with Gasteiger partial charge in [0.05, 0.1) is 4.90 Å². The predicted octanol–water partition coefficient (Wildman–Crippen LogP) is 3.79. The number of hydrogen-bond acceptors (Lipinski definition) is 3. The summed E-state index contributed by atoms with van der Waals surface area (Å²) in [7, 11) is -0.315. The third-order valence-corrected chi connectivity index (χ3v) is 6.40. The Morgan fingerprint density at radius 1 is 1.05 bits per heavy atom. The fraction of sp³-hybridized carbons (Fsp3) is 0.333. The molecule has 2 aromatic rings. The van der Waals surface area contributed by atoms with Crippen molar-refractivity contribution in [2.75, 3.05) is 14.1 Å². The highest BCUT2D eigenvalue weighted by Crippen LogP contribution is 2.35. The Bertz CT molecular complexity index is 700. The summed E-state index contributed by atoms with van der Waals surface area (Å²) in [5.41, 5.74) is 0.776. The van der Waals surface area contributed by atoms with Crippen LogP contribution < -0.4 is 0 Å². The van der Waals surface area contributed by atoms with Crippen LogP contribution in [0.15, 0.2) is 41.3 Å². The zero-order chi connectivity index (χ0) is 14.9. The van der Waals surface area contributed by atoms with E-state index in [9.17, 15) is 8.42 Å². The molecule has 0 saturated carbocycles. The van der Waals surface area contributed by atoms with Crippen molar-refractivity contribution < 1.29 is 8.42 Å². The van der Waals surface area contributed by atoms with Crippen LogP contribution in [0.4, 0.5) is 0 Å². The van der Waals surface area contributed by atoms with Gasteiger partial charge in [-0.25, -0.2) is 12.7 Å². The molecule has 0 radical (unpaired) electrons. The minimum Gasteiger partial charge on any atom is -0.207 e. The van der Waals surface area contributed by atoms with Gasteiger partial charge in [-0.2, -0.15) is 0 Å². The Morgan fingerprint density at radius 2 is 1.70 bits per heavy atom. The zero-order valence-corrected chi connectivity index (χ0v) is 13.8. The minimum atomic E-state index is -3.43. The van der Waals surface area contributed by atoms with Crippen molar-refractivity contribution in [3.05, 3.63) is 41.3 Å². The Morgan fingerprint density at radius 3 is 2.25 bits per heavy atom. The van der Waals surface area contributed by atoms with Gasteiger partial charge in [-0.1, -0.05) is 32.0 Å². The van der Waals surface area contributed by atoms with Crippen LogP contribution >= 0.6 is 11.3 Å². The smallest absolute Gasteiger partial charge is 0.207 e. The highest BCUT2D eigenvalue weighted by molar-refractivity contribution is 7.89. The number of benzene rings is 1. The van der Waals surface area contributed by atoms with Gasteiger partial charge in [0.25, 0.3) is 0 Å². The third-order valence-electron chi connectivity index (χ3n) is 3.11. The van der Waals surface area contributed by atoms with Crippen molar-refractivity contribution >= 4 is 21.4 Å². The molecule has 108 valence electrons. The molecule has 0 bridgehead atoms. The molecule has 1 aromatic carbocycles. The van der Waals surface area contributed by atoms with E-state index in [2.05, 4.69) is 19.9 Å². The molecule has 0 unspecified atom stereocenters. The minimum absolute atomic E-state index is 0.363. The monoisotopic (exact) mass is 309 g/mol. The van der Waals surface area contributed by atoms with Crippen LogP contribution in [0.1, 0.15) is 24.6 Å². The van der Waals surface area contributed by atoms with Gasteiger partial charge in [-0.3, -0.25) is 0 Å². The lowest BCUT2D eigenvalue weighted by Crippen LogP contribution is -2.22. The van der Waals surface area contributed by atoms with Crippen molar-refractivity contribution in [2.45, 2.75) is 24.7 Å². The molecule has 0 aliphatic heterocycles. The molecular formula is C15H19NO2S2. The summed E-state index contributed by atoms with van der Waals surface area (Å²) >= 11 is 1.65. The van der Waals surface area contributed by atoms with E-state index in [-0.39, 0.29) is 0 Å². The van der Waals surface area contributed by atoms with Crippen LogP contribution in [0, 0.1) is 0 Å². The van der Waals surface area contributed by atoms with Crippen molar-refractivity contribution in [3.8, 4) is 10.4 Å². The average Bonchev–Trinajstić information content (AvgIpc) is 2.88. The summed E-state index contributed by atoms with van der Waals surface area (Å²) in [4.78, 5) is 2.62. The molecule has 0 aliphatic rings. The molecule has 3 nitrogen and oxygen atoms in total. The first-order chi connectivity index (χ1) is 9.34. The average molecular weight is 309 g/mol. The summed E-state index contributed by atoms with van der Waals surface area (Å²) in [6, 6.07) is 11.2. The largest absolute Gasteiger partial charge is 0.243 e. The number of nitrogens with zero attached hydrogens (tertiary/aromatic N) is 1. The van der Waals surface area contributed by atoms with Gasteiger partial charge in [-0.05, 0) is 24.1 Å². The quantitative estimate of drug-likeness (QED) is 0.861. The van der Waals surface area contributed by atoms with Gasteiger partial charge in [0.1, 0.15) is 0 Å². The highest BCUT2D eigenvalue weighted by Gasteiger charge is 2.22. The highest BCUT2D eigenvalue weighted by atomic mass is 32.2. The fourth-order valence-corrected chi connectivity index (χ4v) is 4.11. The number of rotatable bonds is 4. The summed E-state index contributed by atoms with van der Waals surface area (Å²) in [6.07, 6.45) is 0. The van der Waals surface area contributed by atoms with Crippen molar-refractivity contribution in [3.63, 3.8) is 0 Å². The summed E-state index contributed by atoms with van der Waals surface area (Å²) < 4.78 is 26.0. The Kier molecular flexibility index (Phi) is 4.32. The number of hydrogen-bond donors (Lipinski definition) is 0. The van der Waals surface area contributed by atoms with Crippen molar-refractivity contribution in [1.29, 1.82) is 0 Å². The number of thiophene rings is 1. The zero-order valence-electron chi connectivity index (χ0n) is 12.1. The van der Waals surface area contributed by atoms with Gasteiger partial charge in [0.2, 0.25) is 10.0 Å². The molecule has 5 heteroatoms. The van der Waals surface area contributed by atoms with Crippen molar-refractivity contribution in [2.24, 2.45) is 0 Å². The number of sulfonamides is 1. The second-order valence-corrected chi connectivity index (χ2v) is 8.38. The molecule has 0 fully saturated rings. The summed E-state index contributed by atoms with van der Waals surface area (Å²) in [6.45, 7) is 4.27. The molecule has 0 N–H and O–H groups in total. The van der Waals surface area contributed by atoms with Gasteiger partial charge in [0.15, 0.2) is 0 Å². The van der Waals surface area contributed by atoms with Gasteiger partial charge in [-0.15, -0.1) is 11.3 Å². The lowest BCUT2D eigenvalue weighted by atomic mass is 10.1. The van der Waals surface area contributed by atoms with Crippen LogP contribution in [0.2, 0.25) is 0 Å². The SMILES string of the molecule is CC(C)c1ccc(-c2ccccc2S(=O)(=O)N(C)C)s1. The normalized spacial score (nSPS) is 12.3. The van der Waals surface area contributed by atoms with Crippen molar-refractivity contribution in [1.82, 2.24) is 4.31 Å². The second-order valence-electron chi connectivity index (χ2n) is 5.14. The van der Waals surface area contributed by atoms with Gasteiger partial charge < -0.3 is 0 Å².